The van der Waals surface area contributed by atoms with Crippen LogP contribution in [0.4, 0.5) is 0 Å². The lowest BCUT2D eigenvalue weighted by Crippen LogP contribution is -2.09. The van der Waals surface area contributed by atoms with E-state index in [1.807, 2.05) is 6.92 Å². The van der Waals surface area contributed by atoms with E-state index in [1.54, 1.807) is 0 Å². The number of ether oxygens (including phenoxy) is 1. The van der Waals surface area contributed by atoms with Gasteiger partial charge in [-0.3, -0.25) is 4.79 Å². The summed E-state index contributed by atoms with van der Waals surface area (Å²) < 4.78 is 4.99. The Labute approximate surface area is 118 Å². The Morgan fingerprint density at radius 1 is 1.25 bits per heavy atom. The van der Waals surface area contributed by atoms with Gasteiger partial charge in [0.15, 0.2) is 0 Å². The Morgan fingerprint density at radius 2 is 1.95 bits per heavy atom. The van der Waals surface area contributed by atoms with Crippen molar-refractivity contribution in [1.82, 2.24) is 0 Å². The topological polar surface area (TPSA) is 83.8 Å². The molecule has 0 aromatic heterocycles. The second-order valence-electron chi connectivity index (χ2n) is 4.66. The van der Waals surface area contributed by atoms with Crippen molar-refractivity contribution < 1.29 is 24.5 Å². The number of benzene rings is 1. The molecule has 1 aromatic rings. The SMILES string of the molecule is CCCCCC(=O)Cc1cc(OC)cc(O)c1C(=O)O. The van der Waals surface area contributed by atoms with E-state index in [2.05, 4.69) is 0 Å². The number of hydrogen-bond donors (Lipinski definition) is 2. The summed E-state index contributed by atoms with van der Waals surface area (Å²) >= 11 is 0. The summed E-state index contributed by atoms with van der Waals surface area (Å²) in [6, 6.07) is 2.72. The van der Waals surface area contributed by atoms with Crippen LogP contribution in [0.2, 0.25) is 0 Å². The molecule has 1 aromatic carbocycles. The van der Waals surface area contributed by atoms with Crippen molar-refractivity contribution in [3.63, 3.8) is 0 Å². The van der Waals surface area contributed by atoms with Gasteiger partial charge in [-0.2, -0.15) is 0 Å². The average molecular weight is 280 g/mol. The molecule has 110 valence electrons. The van der Waals surface area contributed by atoms with Crippen molar-refractivity contribution in [2.24, 2.45) is 0 Å². The van der Waals surface area contributed by atoms with Gasteiger partial charge in [0.05, 0.1) is 7.11 Å². The highest BCUT2D eigenvalue weighted by molar-refractivity contribution is 5.95. The first-order valence-corrected chi connectivity index (χ1v) is 6.64. The monoisotopic (exact) mass is 280 g/mol. The van der Waals surface area contributed by atoms with Crippen molar-refractivity contribution in [2.45, 2.75) is 39.0 Å². The highest BCUT2D eigenvalue weighted by atomic mass is 16.5. The fraction of sp³-hybridized carbons (Fsp3) is 0.467. The maximum atomic E-state index is 11.9. The van der Waals surface area contributed by atoms with Gasteiger partial charge in [-0.15, -0.1) is 0 Å². The summed E-state index contributed by atoms with van der Waals surface area (Å²) in [6.45, 7) is 2.05. The quantitative estimate of drug-likeness (QED) is 0.715. The van der Waals surface area contributed by atoms with Gasteiger partial charge >= 0.3 is 5.97 Å². The molecule has 0 aliphatic rings. The number of carbonyl (C=O) groups is 2. The van der Waals surface area contributed by atoms with E-state index >= 15 is 0 Å². The fourth-order valence-electron chi connectivity index (χ4n) is 2.03. The van der Waals surface area contributed by atoms with E-state index in [1.165, 1.54) is 19.2 Å². The Morgan fingerprint density at radius 3 is 2.50 bits per heavy atom. The number of Topliss-reactive ketones (excluding diaryl/α,β-unsaturated/α-hetero) is 1. The average Bonchev–Trinajstić information content (AvgIpc) is 2.37. The van der Waals surface area contributed by atoms with Crippen LogP contribution in [-0.2, 0) is 11.2 Å². The maximum absolute atomic E-state index is 11.9. The molecule has 0 saturated heterocycles. The lowest BCUT2D eigenvalue weighted by atomic mass is 9.98. The number of ketones is 1. The van der Waals surface area contributed by atoms with Crippen LogP contribution in [0.5, 0.6) is 11.5 Å². The van der Waals surface area contributed by atoms with Crippen LogP contribution in [0.3, 0.4) is 0 Å². The predicted octanol–water partition coefficient (Wildman–Crippen LogP) is 2.79. The van der Waals surface area contributed by atoms with E-state index in [0.29, 0.717) is 12.2 Å². The van der Waals surface area contributed by atoms with Gasteiger partial charge < -0.3 is 14.9 Å². The minimum Gasteiger partial charge on any atom is -0.507 e. The molecule has 0 heterocycles. The molecule has 20 heavy (non-hydrogen) atoms. The number of carboxylic acids is 1. The molecule has 1 rings (SSSR count). The molecular formula is C15H20O5. The van der Waals surface area contributed by atoms with Crippen LogP contribution in [0.15, 0.2) is 12.1 Å². The zero-order chi connectivity index (χ0) is 15.1. The highest BCUT2D eigenvalue weighted by Gasteiger charge is 2.19. The standard InChI is InChI=1S/C15H20O5/c1-3-4-5-6-11(16)7-10-8-12(20-2)9-13(17)14(10)15(18)19/h8-9,17H,3-7H2,1-2H3,(H,18,19). The van der Waals surface area contributed by atoms with Crippen molar-refractivity contribution >= 4 is 11.8 Å². The second kappa shape index (κ2) is 7.53. The van der Waals surface area contributed by atoms with Gasteiger partial charge in [0.2, 0.25) is 0 Å². The summed E-state index contributed by atoms with van der Waals surface area (Å²) in [5.41, 5.74) is 0.0606. The van der Waals surface area contributed by atoms with Crippen LogP contribution in [-0.4, -0.2) is 29.1 Å². The summed E-state index contributed by atoms with van der Waals surface area (Å²) in [5.74, 6) is -1.33. The first-order chi connectivity index (χ1) is 9.49. The van der Waals surface area contributed by atoms with E-state index in [9.17, 15) is 14.7 Å². The van der Waals surface area contributed by atoms with Crippen LogP contribution < -0.4 is 4.74 Å². The third kappa shape index (κ3) is 4.26. The number of hydrogen-bond acceptors (Lipinski definition) is 4. The molecule has 0 unspecified atom stereocenters. The second-order valence-corrected chi connectivity index (χ2v) is 4.66. The first kappa shape index (κ1) is 16.0. The number of carbonyl (C=O) groups excluding carboxylic acids is 1. The van der Waals surface area contributed by atoms with E-state index in [4.69, 9.17) is 9.84 Å². The van der Waals surface area contributed by atoms with Gasteiger partial charge in [-0.1, -0.05) is 19.8 Å². The van der Waals surface area contributed by atoms with Gasteiger partial charge in [-0.05, 0) is 18.1 Å². The van der Waals surface area contributed by atoms with E-state index < -0.39 is 5.97 Å². The molecule has 5 nitrogen and oxygen atoms in total. The van der Waals surface area contributed by atoms with Crippen LogP contribution in [0.25, 0.3) is 0 Å². The summed E-state index contributed by atoms with van der Waals surface area (Å²) in [4.78, 5) is 23.0. The highest BCUT2D eigenvalue weighted by Crippen LogP contribution is 2.28. The fourth-order valence-corrected chi connectivity index (χ4v) is 2.03. The zero-order valence-electron chi connectivity index (χ0n) is 11.8. The zero-order valence-corrected chi connectivity index (χ0v) is 11.8. The molecule has 5 heteroatoms. The van der Waals surface area contributed by atoms with Gasteiger partial charge in [-0.25, -0.2) is 4.79 Å². The first-order valence-electron chi connectivity index (χ1n) is 6.64. The molecule has 0 aliphatic heterocycles. The molecule has 0 saturated carbocycles. The van der Waals surface area contributed by atoms with Gasteiger partial charge in [0, 0.05) is 18.9 Å². The number of aromatic hydroxyl groups is 1. The van der Waals surface area contributed by atoms with Crippen LogP contribution in [0.1, 0.15) is 48.5 Å². The normalized spacial score (nSPS) is 10.3. The molecular weight excluding hydrogens is 260 g/mol. The Hall–Kier alpha value is -2.04. The van der Waals surface area contributed by atoms with E-state index in [-0.39, 0.29) is 29.1 Å². The third-order valence-electron chi connectivity index (χ3n) is 3.07. The predicted molar refractivity (Wildman–Crippen MR) is 74.5 cm³/mol. The Kier molecular flexibility index (Phi) is 6.03. The minimum absolute atomic E-state index is 0.00386. The van der Waals surface area contributed by atoms with Gasteiger partial charge in [0.25, 0.3) is 0 Å². The van der Waals surface area contributed by atoms with Crippen molar-refractivity contribution in [3.8, 4) is 11.5 Å². The number of rotatable bonds is 8. The summed E-state index contributed by atoms with van der Waals surface area (Å²) in [7, 11) is 1.42. The minimum atomic E-state index is -1.25. The Balaban J connectivity index is 2.94. The molecule has 0 amide bonds. The van der Waals surface area contributed by atoms with Crippen molar-refractivity contribution in [1.29, 1.82) is 0 Å². The number of carboxylic acid groups (broad SMARTS) is 1. The summed E-state index contributed by atoms with van der Waals surface area (Å²) in [6.07, 6.45) is 3.21. The smallest absolute Gasteiger partial charge is 0.339 e. The molecule has 2 N–H and O–H groups in total. The molecule has 0 radical (unpaired) electrons. The molecule has 0 fully saturated rings. The largest absolute Gasteiger partial charge is 0.507 e. The molecule has 0 spiro atoms. The van der Waals surface area contributed by atoms with Crippen LogP contribution >= 0.6 is 0 Å². The van der Waals surface area contributed by atoms with Gasteiger partial charge in [0.1, 0.15) is 22.8 Å². The van der Waals surface area contributed by atoms with Crippen molar-refractivity contribution in [3.05, 3.63) is 23.3 Å². The number of methoxy groups -OCH3 is 1. The third-order valence-corrected chi connectivity index (χ3v) is 3.07. The lowest BCUT2D eigenvalue weighted by Gasteiger charge is -2.10. The Bertz CT molecular complexity index is 493. The van der Waals surface area contributed by atoms with Crippen molar-refractivity contribution in [2.75, 3.05) is 7.11 Å². The number of phenols is 1. The van der Waals surface area contributed by atoms with Crippen LogP contribution in [0, 0.1) is 0 Å². The maximum Gasteiger partial charge on any atom is 0.339 e. The molecule has 0 aliphatic carbocycles. The van der Waals surface area contributed by atoms with E-state index in [0.717, 1.165) is 19.3 Å². The number of unbranched alkanes of at least 4 members (excludes halogenated alkanes) is 2. The molecule has 0 bridgehead atoms. The number of aromatic carboxylic acids is 1. The summed E-state index contributed by atoms with van der Waals surface area (Å²) in [5, 5.41) is 18.9. The lowest BCUT2D eigenvalue weighted by molar-refractivity contribution is -0.118. The molecule has 0 atom stereocenters.